The molecule has 0 bridgehead atoms. The van der Waals surface area contributed by atoms with Crippen LogP contribution < -0.4 is 28.7 Å². The van der Waals surface area contributed by atoms with E-state index in [1.54, 1.807) is 28.4 Å². The van der Waals surface area contributed by atoms with Gasteiger partial charge in [0.2, 0.25) is 0 Å². The van der Waals surface area contributed by atoms with Crippen molar-refractivity contribution < 1.29 is 18.9 Å². The largest absolute Gasteiger partial charge is 0.497 e. The molecule has 0 saturated carbocycles. The molecule has 0 atom stereocenters. The van der Waals surface area contributed by atoms with Crippen molar-refractivity contribution in [2.24, 2.45) is 0 Å². The average molecular weight is 533 g/mol. The molecule has 6 heteroatoms. The molecule has 40 heavy (non-hydrogen) atoms. The Bertz CT molecular complexity index is 1310. The smallest absolute Gasteiger partial charge is 0.198 e. The van der Waals surface area contributed by atoms with Gasteiger partial charge in [-0.3, -0.25) is 0 Å². The number of benzene rings is 5. The van der Waals surface area contributed by atoms with Gasteiger partial charge in [0.15, 0.2) is 34.1 Å². The molecule has 5 rings (SSSR count). The van der Waals surface area contributed by atoms with Gasteiger partial charge in [-0.05, 0) is 54.6 Å². The van der Waals surface area contributed by atoms with Gasteiger partial charge in [-0.1, -0.05) is 9.80 Å². The first-order chi connectivity index (χ1) is 19.6. The number of rotatable bonds is 10. The zero-order valence-electron chi connectivity index (χ0n) is 23.1. The van der Waals surface area contributed by atoms with E-state index in [1.165, 1.54) is 0 Å². The SMILES string of the molecule is COc1ccc([N+](c2ccc(OC)cc2)c2cccc([N+](c3ccc(OC)cc3)c3ccc(OC)cc3)c2)cc1. The van der Waals surface area contributed by atoms with Crippen LogP contribution in [0.5, 0.6) is 23.0 Å². The molecule has 0 spiro atoms. The molecular weight excluding hydrogens is 500 g/mol. The molecule has 200 valence electrons. The van der Waals surface area contributed by atoms with E-state index in [0.29, 0.717) is 0 Å². The van der Waals surface area contributed by atoms with Gasteiger partial charge in [0, 0.05) is 60.7 Å². The average Bonchev–Trinajstić information content (AvgIpc) is 3.03. The molecule has 2 radical (unpaired) electrons. The van der Waals surface area contributed by atoms with Gasteiger partial charge in [0.1, 0.15) is 23.0 Å². The van der Waals surface area contributed by atoms with E-state index in [0.717, 1.165) is 57.1 Å². The fraction of sp³-hybridized carbons (Fsp3) is 0.118. The van der Waals surface area contributed by atoms with Crippen LogP contribution in [0.15, 0.2) is 121 Å². The summed E-state index contributed by atoms with van der Waals surface area (Å²) in [6.45, 7) is 0. The fourth-order valence-electron chi connectivity index (χ4n) is 4.59. The Morgan fingerprint density at radius 1 is 0.325 bits per heavy atom. The van der Waals surface area contributed by atoms with Gasteiger partial charge in [0.05, 0.1) is 34.5 Å². The molecule has 6 nitrogen and oxygen atoms in total. The fourth-order valence-corrected chi connectivity index (χ4v) is 4.59. The highest BCUT2D eigenvalue weighted by molar-refractivity contribution is 5.72. The van der Waals surface area contributed by atoms with Gasteiger partial charge >= 0.3 is 0 Å². The first-order valence-corrected chi connectivity index (χ1v) is 12.9. The second-order valence-corrected chi connectivity index (χ2v) is 8.98. The maximum Gasteiger partial charge on any atom is 0.198 e. The Hall–Kier alpha value is -4.78. The van der Waals surface area contributed by atoms with E-state index in [9.17, 15) is 0 Å². The van der Waals surface area contributed by atoms with E-state index in [2.05, 4.69) is 82.6 Å². The Labute approximate surface area is 235 Å². The molecule has 0 aliphatic carbocycles. The summed E-state index contributed by atoms with van der Waals surface area (Å²) in [7, 11) is 6.69. The van der Waals surface area contributed by atoms with E-state index in [-0.39, 0.29) is 0 Å². The lowest BCUT2D eigenvalue weighted by Crippen LogP contribution is -2.14. The molecular formula is C34H32N2O4+2. The van der Waals surface area contributed by atoms with Gasteiger partial charge in [-0.15, -0.1) is 0 Å². The number of hydrogen-bond donors (Lipinski definition) is 0. The standard InChI is InChI=1S/C34H32N2O4/c1-37-31-16-8-25(9-17-31)35(26-10-18-32(38-2)19-11-26)29-6-5-7-30(24-29)36(27-12-20-33(39-3)21-13-27)28-14-22-34(40-4)23-15-28/h5-24H,1-4H3/q+2. The maximum absolute atomic E-state index is 5.41. The lowest BCUT2D eigenvalue weighted by Gasteiger charge is -2.15. The van der Waals surface area contributed by atoms with Crippen molar-refractivity contribution in [3.8, 4) is 23.0 Å². The zero-order valence-corrected chi connectivity index (χ0v) is 23.1. The molecule has 0 aliphatic heterocycles. The molecule has 0 amide bonds. The van der Waals surface area contributed by atoms with Crippen molar-refractivity contribution in [2.75, 3.05) is 28.4 Å². The van der Waals surface area contributed by atoms with Crippen molar-refractivity contribution >= 4 is 34.1 Å². The Morgan fingerprint density at radius 2 is 0.575 bits per heavy atom. The van der Waals surface area contributed by atoms with Crippen LogP contribution >= 0.6 is 0 Å². The predicted molar refractivity (Wildman–Crippen MR) is 161 cm³/mol. The molecule has 0 aromatic heterocycles. The lowest BCUT2D eigenvalue weighted by molar-refractivity contribution is 0.414. The van der Waals surface area contributed by atoms with Crippen LogP contribution in [-0.4, -0.2) is 28.4 Å². The van der Waals surface area contributed by atoms with Crippen LogP contribution in [0.25, 0.3) is 0 Å². The minimum atomic E-state index is 0.803. The van der Waals surface area contributed by atoms with Crippen molar-refractivity contribution in [2.45, 2.75) is 0 Å². The second-order valence-electron chi connectivity index (χ2n) is 8.98. The molecule has 0 aliphatic rings. The first kappa shape index (κ1) is 26.8. The monoisotopic (exact) mass is 532 g/mol. The third-order valence-electron chi connectivity index (χ3n) is 6.67. The third-order valence-corrected chi connectivity index (χ3v) is 6.67. The predicted octanol–water partition coefficient (Wildman–Crippen LogP) is 8.59. The van der Waals surface area contributed by atoms with Crippen LogP contribution in [0.2, 0.25) is 0 Å². The second kappa shape index (κ2) is 12.4. The summed E-state index contributed by atoms with van der Waals surface area (Å²) in [4.78, 5) is 4.42. The molecule has 0 fully saturated rings. The Morgan fingerprint density at radius 3 is 0.800 bits per heavy atom. The summed E-state index contributed by atoms with van der Waals surface area (Å²) in [5.74, 6) is 3.21. The van der Waals surface area contributed by atoms with Crippen molar-refractivity contribution in [1.82, 2.24) is 9.80 Å². The lowest BCUT2D eigenvalue weighted by atomic mass is 10.1. The van der Waals surface area contributed by atoms with Crippen LogP contribution in [-0.2, 0) is 0 Å². The molecule has 0 heterocycles. The highest BCUT2D eigenvalue weighted by Crippen LogP contribution is 2.40. The highest BCUT2D eigenvalue weighted by atomic mass is 16.5. The third kappa shape index (κ3) is 5.78. The first-order valence-electron chi connectivity index (χ1n) is 12.9. The summed E-state index contributed by atoms with van der Waals surface area (Å²) in [5, 5.41) is 0. The topological polar surface area (TPSA) is 48.7 Å². The Kier molecular flexibility index (Phi) is 8.30. The van der Waals surface area contributed by atoms with Crippen LogP contribution in [0.4, 0.5) is 34.1 Å². The van der Waals surface area contributed by atoms with Crippen LogP contribution in [0.3, 0.4) is 0 Å². The molecule has 0 unspecified atom stereocenters. The van der Waals surface area contributed by atoms with E-state index < -0.39 is 0 Å². The maximum atomic E-state index is 5.41. The molecule has 0 saturated heterocycles. The number of anilines is 6. The summed E-state index contributed by atoms with van der Waals surface area (Å²) in [6.07, 6.45) is 0. The van der Waals surface area contributed by atoms with E-state index in [1.807, 2.05) is 48.5 Å². The zero-order chi connectivity index (χ0) is 27.9. The van der Waals surface area contributed by atoms with Gasteiger partial charge in [-0.25, -0.2) is 0 Å². The summed E-state index contributed by atoms with van der Waals surface area (Å²) in [6, 6.07) is 40.7. The van der Waals surface area contributed by atoms with E-state index >= 15 is 0 Å². The summed E-state index contributed by atoms with van der Waals surface area (Å²) < 4.78 is 21.7. The molecule has 5 aromatic carbocycles. The summed E-state index contributed by atoms with van der Waals surface area (Å²) >= 11 is 0. The van der Waals surface area contributed by atoms with Gasteiger partial charge in [0.25, 0.3) is 0 Å². The molecule has 5 aromatic rings. The number of nitrogens with zero attached hydrogens (tertiary/aromatic N) is 2. The van der Waals surface area contributed by atoms with Gasteiger partial charge in [-0.2, -0.15) is 0 Å². The van der Waals surface area contributed by atoms with Crippen LogP contribution in [0.1, 0.15) is 0 Å². The van der Waals surface area contributed by atoms with Gasteiger partial charge < -0.3 is 18.9 Å². The number of hydrogen-bond acceptors (Lipinski definition) is 6. The van der Waals surface area contributed by atoms with Crippen LogP contribution in [0, 0.1) is 0 Å². The quantitative estimate of drug-likeness (QED) is 0.169. The highest BCUT2D eigenvalue weighted by Gasteiger charge is 2.31. The number of methoxy groups -OCH3 is 4. The van der Waals surface area contributed by atoms with E-state index in [4.69, 9.17) is 18.9 Å². The summed E-state index contributed by atoms with van der Waals surface area (Å²) in [5.41, 5.74) is 6.01. The molecule has 0 N–H and O–H groups in total. The van der Waals surface area contributed by atoms with Crippen molar-refractivity contribution in [3.05, 3.63) is 121 Å². The minimum absolute atomic E-state index is 0.803. The normalized spacial score (nSPS) is 10.9. The van der Waals surface area contributed by atoms with Crippen molar-refractivity contribution in [3.63, 3.8) is 0 Å². The minimum Gasteiger partial charge on any atom is -0.497 e. The van der Waals surface area contributed by atoms with Crippen molar-refractivity contribution in [1.29, 1.82) is 0 Å². The number of ether oxygens (including phenoxy) is 4. The Balaban J connectivity index is 1.63.